The van der Waals surface area contributed by atoms with Crippen LogP contribution < -0.4 is 0 Å². The van der Waals surface area contributed by atoms with E-state index in [4.69, 9.17) is 0 Å². The summed E-state index contributed by atoms with van der Waals surface area (Å²) in [7, 11) is 0. The van der Waals surface area contributed by atoms with Gasteiger partial charge in [-0.15, -0.1) is 0 Å². The number of hydrogen-bond acceptors (Lipinski definition) is 1. The second-order valence-corrected chi connectivity index (χ2v) is 7.65. The van der Waals surface area contributed by atoms with E-state index >= 15 is 0 Å². The van der Waals surface area contributed by atoms with Gasteiger partial charge in [-0.05, 0) is 57.6 Å². The van der Waals surface area contributed by atoms with Gasteiger partial charge in [0.25, 0.3) is 0 Å². The smallest absolute Gasteiger partial charge is 0.0239 e. The zero-order chi connectivity index (χ0) is 15.9. The van der Waals surface area contributed by atoms with E-state index in [1.165, 1.54) is 50.5 Å². The molecule has 0 heterocycles. The van der Waals surface area contributed by atoms with Crippen LogP contribution in [-0.2, 0) is 6.54 Å². The average Bonchev–Trinajstić information content (AvgIpc) is 2.44. The maximum Gasteiger partial charge on any atom is 0.0239 e. The van der Waals surface area contributed by atoms with Crippen molar-refractivity contribution in [2.75, 3.05) is 0 Å². The summed E-state index contributed by atoms with van der Waals surface area (Å²) in [5.41, 5.74) is 3.08. The molecular weight excluding hydrogens is 266 g/mol. The molecule has 1 aromatic carbocycles. The highest BCUT2D eigenvalue weighted by atomic mass is 15.2. The van der Waals surface area contributed by atoms with Gasteiger partial charge in [0.1, 0.15) is 0 Å². The van der Waals surface area contributed by atoms with Crippen molar-refractivity contribution in [1.29, 1.82) is 0 Å². The monoisotopic (exact) mass is 301 g/mol. The number of hydrogen-bond donors (Lipinski definition) is 0. The fourth-order valence-electron chi connectivity index (χ4n) is 3.91. The van der Waals surface area contributed by atoms with Crippen molar-refractivity contribution < 1.29 is 0 Å². The fraction of sp³-hybridized carbons (Fsp3) is 0.714. The van der Waals surface area contributed by atoms with Crippen LogP contribution in [0.2, 0.25) is 0 Å². The summed E-state index contributed by atoms with van der Waals surface area (Å²) in [5.74, 6) is 0.798. The Bertz CT molecular complexity index is 419. The number of benzene rings is 1. The van der Waals surface area contributed by atoms with Gasteiger partial charge < -0.3 is 0 Å². The highest BCUT2D eigenvalue weighted by molar-refractivity contribution is 5.26. The summed E-state index contributed by atoms with van der Waals surface area (Å²) >= 11 is 0. The minimum absolute atomic E-state index is 0.602. The third kappa shape index (κ3) is 5.12. The molecule has 124 valence electrons. The van der Waals surface area contributed by atoms with Crippen molar-refractivity contribution in [3.63, 3.8) is 0 Å². The summed E-state index contributed by atoms with van der Waals surface area (Å²) < 4.78 is 0. The molecule has 0 amide bonds. The van der Waals surface area contributed by atoms with Crippen molar-refractivity contribution in [3.8, 4) is 0 Å². The third-order valence-electron chi connectivity index (χ3n) is 5.22. The van der Waals surface area contributed by atoms with Crippen LogP contribution in [-0.4, -0.2) is 17.0 Å². The standard InChI is InChI=1S/C21H35N/c1-17(2)22(18(3)4)16-19-11-10-14-21(15-19)20-12-8-6-5-7-9-13-20/h10-11,14-15,17-18,20H,5-9,12-13,16H2,1-4H3. The Kier molecular flexibility index (Phi) is 6.95. The Morgan fingerprint density at radius 1 is 0.909 bits per heavy atom. The minimum Gasteiger partial charge on any atom is -0.294 e. The second-order valence-electron chi connectivity index (χ2n) is 7.65. The van der Waals surface area contributed by atoms with Gasteiger partial charge >= 0.3 is 0 Å². The van der Waals surface area contributed by atoms with Crippen molar-refractivity contribution in [1.82, 2.24) is 4.90 Å². The maximum atomic E-state index is 2.58. The van der Waals surface area contributed by atoms with Gasteiger partial charge in [0, 0.05) is 18.6 Å². The largest absolute Gasteiger partial charge is 0.294 e. The highest BCUT2D eigenvalue weighted by Gasteiger charge is 2.16. The van der Waals surface area contributed by atoms with E-state index in [1.54, 1.807) is 5.56 Å². The van der Waals surface area contributed by atoms with Crippen LogP contribution in [0, 0.1) is 0 Å². The molecular formula is C21H35N. The lowest BCUT2D eigenvalue weighted by Crippen LogP contribution is -2.36. The van der Waals surface area contributed by atoms with Crippen LogP contribution in [0.1, 0.15) is 89.7 Å². The Morgan fingerprint density at radius 3 is 2.09 bits per heavy atom. The molecule has 22 heavy (non-hydrogen) atoms. The molecule has 1 aromatic rings. The Hall–Kier alpha value is -0.820. The van der Waals surface area contributed by atoms with E-state index in [9.17, 15) is 0 Å². The van der Waals surface area contributed by atoms with Crippen LogP contribution in [0.25, 0.3) is 0 Å². The second kappa shape index (κ2) is 8.72. The quantitative estimate of drug-likeness (QED) is 0.632. The van der Waals surface area contributed by atoms with Crippen molar-refractivity contribution in [2.45, 2.75) is 97.2 Å². The lowest BCUT2D eigenvalue weighted by atomic mass is 9.85. The van der Waals surface area contributed by atoms with Gasteiger partial charge in [0.15, 0.2) is 0 Å². The molecule has 1 nitrogen and oxygen atoms in total. The van der Waals surface area contributed by atoms with Crippen molar-refractivity contribution in [2.24, 2.45) is 0 Å². The molecule has 2 rings (SSSR count). The van der Waals surface area contributed by atoms with Crippen molar-refractivity contribution >= 4 is 0 Å². The highest BCUT2D eigenvalue weighted by Crippen LogP contribution is 2.31. The van der Waals surface area contributed by atoms with Crippen LogP contribution in [0.15, 0.2) is 24.3 Å². The SMILES string of the molecule is CC(C)N(Cc1cccc(C2CCCCCCC2)c1)C(C)C. The summed E-state index contributed by atoms with van der Waals surface area (Å²) in [6.07, 6.45) is 9.93. The van der Waals surface area contributed by atoms with Crippen LogP contribution in [0.4, 0.5) is 0 Å². The van der Waals surface area contributed by atoms with E-state index < -0.39 is 0 Å². The van der Waals surface area contributed by atoms with E-state index in [1.807, 2.05) is 0 Å². The molecule has 1 heteroatoms. The molecule has 1 aliphatic carbocycles. The molecule has 0 bridgehead atoms. The molecule has 0 unspecified atom stereocenters. The Morgan fingerprint density at radius 2 is 1.50 bits per heavy atom. The average molecular weight is 302 g/mol. The first-order valence-corrected chi connectivity index (χ1v) is 9.42. The van der Waals surface area contributed by atoms with E-state index in [-0.39, 0.29) is 0 Å². The number of nitrogens with zero attached hydrogens (tertiary/aromatic N) is 1. The molecule has 1 aliphatic rings. The van der Waals surface area contributed by atoms with Gasteiger partial charge in [-0.3, -0.25) is 4.90 Å². The molecule has 0 atom stereocenters. The zero-order valence-corrected chi connectivity index (χ0v) is 15.1. The van der Waals surface area contributed by atoms with Crippen LogP contribution in [0.5, 0.6) is 0 Å². The maximum absolute atomic E-state index is 2.58. The van der Waals surface area contributed by atoms with E-state index in [0.29, 0.717) is 12.1 Å². The predicted molar refractivity (Wildman–Crippen MR) is 97.3 cm³/mol. The summed E-state index contributed by atoms with van der Waals surface area (Å²) in [4.78, 5) is 2.58. The van der Waals surface area contributed by atoms with Crippen LogP contribution >= 0.6 is 0 Å². The Labute approximate surface area is 138 Å². The topological polar surface area (TPSA) is 3.24 Å². The first-order valence-electron chi connectivity index (χ1n) is 9.42. The summed E-state index contributed by atoms with van der Waals surface area (Å²) in [5, 5.41) is 0. The van der Waals surface area contributed by atoms with Gasteiger partial charge in [0.05, 0.1) is 0 Å². The third-order valence-corrected chi connectivity index (χ3v) is 5.22. The molecule has 1 fully saturated rings. The molecule has 0 spiro atoms. The van der Waals surface area contributed by atoms with Gasteiger partial charge in [-0.1, -0.05) is 56.4 Å². The molecule has 0 N–H and O–H groups in total. The lowest BCUT2D eigenvalue weighted by molar-refractivity contribution is 0.166. The fourth-order valence-corrected chi connectivity index (χ4v) is 3.91. The normalized spacial score (nSPS) is 18.0. The first-order chi connectivity index (χ1) is 10.6. The molecule has 0 radical (unpaired) electrons. The first kappa shape index (κ1) is 17.5. The molecule has 0 aromatic heterocycles. The van der Waals surface area contributed by atoms with Crippen molar-refractivity contribution in [3.05, 3.63) is 35.4 Å². The lowest BCUT2D eigenvalue weighted by Gasteiger charge is -2.31. The van der Waals surface area contributed by atoms with Gasteiger partial charge in [-0.2, -0.15) is 0 Å². The molecule has 0 aliphatic heterocycles. The Balaban J connectivity index is 2.08. The molecule has 0 saturated heterocycles. The predicted octanol–water partition coefficient (Wildman–Crippen LogP) is 6.13. The van der Waals surface area contributed by atoms with Gasteiger partial charge in [0.2, 0.25) is 0 Å². The summed E-state index contributed by atoms with van der Waals surface area (Å²) in [6, 6.07) is 10.6. The number of rotatable bonds is 5. The van der Waals surface area contributed by atoms with E-state index in [2.05, 4.69) is 56.9 Å². The van der Waals surface area contributed by atoms with Crippen LogP contribution in [0.3, 0.4) is 0 Å². The zero-order valence-electron chi connectivity index (χ0n) is 15.1. The van der Waals surface area contributed by atoms with E-state index in [0.717, 1.165) is 12.5 Å². The molecule has 1 saturated carbocycles. The summed E-state index contributed by atoms with van der Waals surface area (Å²) in [6.45, 7) is 10.3. The minimum atomic E-state index is 0.602. The van der Waals surface area contributed by atoms with Gasteiger partial charge in [-0.25, -0.2) is 0 Å².